The Bertz CT molecular complexity index is 3050. The Morgan fingerprint density at radius 1 is 0.824 bits per heavy atom. The van der Waals surface area contributed by atoms with E-state index in [-0.39, 0.29) is 98.6 Å². The van der Waals surface area contributed by atoms with Gasteiger partial charge in [0, 0.05) is 68.1 Å². The molecule has 9 amide bonds. The number of thiol groups is 1. The van der Waals surface area contributed by atoms with E-state index in [2.05, 4.69) is 76.9 Å². The zero-order valence-electron chi connectivity index (χ0n) is 53.7. The third kappa shape index (κ3) is 22.4. The number of anilines is 2. The summed E-state index contributed by atoms with van der Waals surface area (Å²) < 4.78 is 29.3. The van der Waals surface area contributed by atoms with Gasteiger partial charge in [0.1, 0.15) is 12.6 Å². The van der Waals surface area contributed by atoms with Crippen molar-refractivity contribution >= 4 is 89.8 Å². The summed E-state index contributed by atoms with van der Waals surface area (Å²) in [6, 6.07) is 10.3. The number of likely N-dealkylation sites (tertiary alicyclic amines) is 2. The van der Waals surface area contributed by atoms with Gasteiger partial charge in [-0.1, -0.05) is 90.3 Å². The van der Waals surface area contributed by atoms with Crippen LogP contribution in [-0.2, 0) is 35.3 Å². The van der Waals surface area contributed by atoms with Crippen molar-refractivity contribution in [2.45, 2.75) is 154 Å². The Balaban J connectivity index is 0.00000185. The Hall–Kier alpha value is -8.49. The van der Waals surface area contributed by atoms with Gasteiger partial charge >= 0.3 is 12.1 Å². The van der Waals surface area contributed by atoms with Crippen molar-refractivity contribution in [2.24, 2.45) is 16.5 Å². The van der Waals surface area contributed by atoms with E-state index in [1.54, 1.807) is 36.4 Å². The fourth-order valence-corrected chi connectivity index (χ4v) is 10.4. The molecule has 0 aromatic heterocycles. The fourth-order valence-electron chi connectivity index (χ4n) is 10.1. The van der Waals surface area contributed by atoms with Crippen LogP contribution in [0.4, 0.5) is 26.7 Å². The largest absolute Gasteiger partial charge is 0.493 e. The van der Waals surface area contributed by atoms with Crippen LogP contribution < -0.4 is 51.3 Å². The number of carbonyl (C=O) groups excluding carboxylic acids is 9. The molecule has 25 nitrogen and oxygen atoms in total. The molecule has 3 aromatic rings. The summed E-state index contributed by atoms with van der Waals surface area (Å²) in [7, 11) is 4.94. The number of urea groups is 1. The first kappa shape index (κ1) is 75.0. The number of nitrogens with two attached hydrogens (primary N) is 2. The lowest BCUT2D eigenvalue weighted by molar-refractivity contribution is -0.138. The number of imide groups is 1. The monoisotopic (exact) mass is 1280 g/mol. The van der Waals surface area contributed by atoms with Gasteiger partial charge in [-0.3, -0.25) is 48.4 Å². The van der Waals surface area contributed by atoms with E-state index in [1.807, 2.05) is 34.0 Å². The molecule has 8 N–H and O–H groups in total. The number of benzene rings is 3. The molecule has 3 aromatic carbocycles. The first-order valence-corrected chi connectivity index (χ1v) is 31.3. The van der Waals surface area contributed by atoms with Crippen LogP contribution in [0.25, 0.3) is 0 Å². The van der Waals surface area contributed by atoms with Crippen LogP contribution >= 0.6 is 12.6 Å². The number of aliphatic imine (C=N–C) groups is 1. The molecule has 4 aliphatic heterocycles. The van der Waals surface area contributed by atoms with Crippen LogP contribution in [0.3, 0.4) is 0 Å². The molecule has 91 heavy (non-hydrogen) atoms. The molecular weight excluding hydrogens is 1190 g/mol. The molecule has 0 radical (unpaired) electrons. The van der Waals surface area contributed by atoms with Gasteiger partial charge in [-0.05, 0) is 88.2 Å². The molecule has 7 rings (SSSR count). The average Bonchev–Trinajstić information content (AvgIpc) is 1.64. The van der Waals surface area contributed by atoms with Crippen LogP contribution in [0.2, 0.25) is 0 Å². The highest BCUT2D eigenvalue weighted by atomic mass is 32.1. The number of aldehydes is 1. The third-order valence-electron chi connectivity index (χ3n) is 14.6. The van der Waals surface area contributed by atoms with Gasteiger partial charge in [0.2, 0.25) is 29.5 Å². The molecular formula is C65H92N10O15S. The number of fused-ring (bicyclic) bond motifs is 2. The Kier molecular flexibility index (Phi) is 31.5. The fraction of sp³-hybridized carbons (Fsp3) is 0.508. The molecule has 4 aliphatic rings. The highest BCUT2D eigenvalue weighted by Gasteiger charge is 2.46. The van der Waals surface area contributed by atoms with Gasteiger partial charge in [-0.25, -0.2) is 14.5 Å². The van der Waals surface area contributed by atoms with E-state index in [0.717, 1.165) is 29.7 Å². The van der Waals surface area contributed by atoms with Gasteiger partial charge in [-0.2, -0.15) is 12.6 Å². The smallest absolute Gasteiger partial charge is 0.416 e. The Morgan fingerprint density at radius 2 is 1.44 bits per heavy atom. The predicted molar refractivity (Wildman–Crippen MR) is 350 cm³/mol. The number of nitrogens with one attached hydrogen (secondary N) is 3. The number of unbranched alkanes of at least 4 members (excludes halogenated alkanes) is 4. The number of amides is 9. The second-order valence-corrected chi connectivity index (χ2v) is 22.5. The van der Waals surface area contributed by atoms with Crippen molar-refractivity contribution in [3.63, 3.8) is 0 Å². The van der Waals surface area contributed by atoms with Crippen molar-refractivity contribution in [1.29, 1.82) is 0 Å². The molecule has 5 atom stereocenters. The van der Waals surface area contributed by atoms with Crippen LogP contribution in [0.15, 0.2) is 77.8 Å². The third-order valence-corrected chi connectivity index (χ3v) is 15.0. The molecule has 0 saturated carbocycles. The standard InChI is InChI=1S/C59H74N8O14S.C3H8.C2H6.CH4N2O/c1-7-14-43(63-53(70)31-61-52(69)15-10-8-11-20-65-54(71)29-51(82)58(65)75)55(72)62-40-18-16-38(17-19-40)35-81-59(76)67-45-28-50(48(78-6)26-42(45)56(73)66-33-37(3)24-46(66)57(67)74)80-22-13-9-12-21-79-49-27-44(39(34-68)25-47(49)77-5)60-30-41-23-36(2)32-64(41)4;1-3-2;1-2;2-1(3)4/h16-19,25-28,30,34,41,43,46,51,57,74,82H,2-3,7-15,20-24,29,31-33,35H2,1,4-6H3,(H,61,69)(H,62,72)(H,63,70);3H2,1-2H3;1-2H3;(H4,2,3,4). The summed E-state index contributed by atoms with van der Waals surface area (Å²) in [4.78, 5) is 122. The molecule has 498 valence electrons. The highest BCUT2D eigenvalue weighted by Crippen LogP contribution is 2.42. The Labute approximate surface area is 539 Å². The van der Waals surface area contributed by atoms with Crippen molar-refractivity contribution in [1.82, 2.24) is 25.3 Å². The zero-order valence-corrected chi connectivity index (χ0v) is 54.6. The SMILES string of the molecule is C=C1CC(C=Nc2cc(OCCCCCOc3cc4c(cc3OC)C(=O)N3CC(=C)CC3C(O)N4C(=O)OCc3ccc(NC(=O)C(CCC)NC(=O)CNC(=O)CCCCCN4C(=O)CC(S)C4=O)cc3)c(OC)cc2C=O)N(C)C1.CC.CCC.NC(N)=O. The summed E-state index contributed by atoms with van der Waals surface area (Å²) in [6.45, 7) is 19.5. The van der Waals surface area contributed by atoms with Gasteiger partial charge in [0.25, 0.3) is 5.91 Å². The quantitative estimate of drug-likeness (QED) is 0.00911. The number of hydrogen-bond acceptors (Lipinski definition) is 18. The lowest BCUT2D eigenvalue weighted by Gasteiger charge is -2.31. The number of aliphatic hydroxyl groups excluding tert-OH is 1. The molecule has 0 bridgehead atoms. The molecule has 5 unspecified atom stereocenters. The first-order chi connectivity index (χ1) is 43.6. The van der Waals surface area contributed by atoms with Gasteiger partial charge in [0.05, 0.1) is 62.2 Å². The second kappa shape index (κ2) is 38.3. The maximum absolute atomic E-state index is 14.2. The topological polar surface area (TPSA) is 333 Å². The van der Waals surface area contributed by atoms with Crippen LogP contribution in [0, 0.1) is 0 Å². The lowest BCUT2D eigenvalue weighted by atomic mass is 10.1. The summed E-state index contributed by atoms with van der Waals surface area (Å²) in [6.07, 6.45) is 7.06. The van der Waals surface area contributed by atoms with Crippen molar-refractivity contribution in [2.75, 3.05) is 70.9 Å². The Morgan fingerprint density at radius 3 is 2.02 bits per heavy atom. The van der Waals surface area contributed by atoms with Crippen molar-refractivity contribution in [3.05, 3.63) is 89.5 Å². The first-order valence-electron chi connectivity index (χ1n) is 30.8. The predicted octanol–water partition coefficient (Wildman–Crippen LogP) is 7.78. The minimum Gasteiger partial charge on any atom is -0.493 e. The number of ether oxygens (including phenoxy) is 5. The number of primary amides is 2. The van der Waals surface area contributed by atoms with Gasteiger partial charge < -0.3 is 61.1 Å². The minimum atomic E-state index is -1.53. The number of methoxy groups -OCH3 is 2. The molecule has 26 heteroatoms. The lowest BCUT2D eigenvalue weighted by Crippen LogP contribution is -2.50. The van der Waals surface area contributed by atoms with Crippen LogP contribution in [0.5, 0.6) is 23.0 Å². The average molecular weight is 1290 g/mol. The zero-order chi connectivity index (χ0) is 67.3. The van der Waals surface area contributed by atoms with E-state index in [9.17, 15) is 43.5 Å². The van der Waals surface area contributed by atoms with E-state index >= 15 is 0 Å². The van der Waals surface area contributed by atoms with E-state index in [0.29, 0.717) is 97.5 Å². The molecule has 0 spiro atoms. The summed E-state index contributed by atoms with van der Waals surface area (Å²) in [5.74, 6) is -1.03. The maximum atomic E-state index is 14.2. The van der Waals surface area contributed by atoms with Crippen molar-refractivity contribution in [3.8, 4) is 23.0 Å². The maximum Gasteiger partial charge on any atom is 0.416 e. The second-order valence-electron chi connectivity index (χ2n) is 21.9. The van der Waals surface area contributed by atoms with Gasteiger partial charge in [-0.15, -0.1) is 0 Å². The van der Waals surface area contributed by atoms with Crippen molar-refractivity contribution < 1.29 is 71.9 Å². The summed E-state index contributed by atoms with van der Waals surface area (Å²) in [5.41, 5.74) is 12.3. The molecule has 3 saturated heterocycles. The summed E-state index contributed by atoms with van der Waals surface area (Å²) in [5, 5.41) is 19.4. The number of nitrogens with zero attached hydrogens (tertiary/aromatic N) is 5. The summed E-state index contributed by atoms with van der Waals surface area (Å²) >= 11 is 4.12. The number of hydrogen-bond donors (Lipinski definition) is 7. The van der Waals surface area contributed by atoms with Crippen LogP contribution in [-0.4, -0.2) is 170 Å². The van der Waals surface area contributed by atoms with Gasteiger partial charge in [0.15, 0.2) is 35.5 Å². The number of carbonyl (C=O) groups is 9. The van der Waals surface area contributed by atoms with E-state index < -0.39 is 53.4 Å². The van der Waals surface area contributed by atoms with Crippen LogP contribution in [0.1, 0.15) is 144 Å². The number of rotatable bonds is 28. The van der Waals surface area contributed by atoms with E-state index in [4.69, 9.17) is 28.5 Å². The minimum absolute atomic E-state index is 0.0622. The normalized spacial score (nSPS) is 17.8. The highest BCUT2D eigenvalue weighted by molar-refractivity contribution is 7.81. The molecule has 0 aliphatic carbocycles. The molecule has 3 fully saturated rings. The number of likely N-dealkylation sites (N-methyl/N-ethyl adjacent to an activating group) is 1. The van der Waals surface area contributed by atoms with E-state index in [1.165, 1.54) is 42.6 Å². The molecule has 4 heterocycles. The number of aliphatic hydroxyl groups is 1.